The highest BCUT2D eigenvalue weighted by atomic mass is 28.4. The molecule has 0 N–H and O–H groups in total. The van der Waals surface area contributed by atoms with Crippen molar-refractivity contribution in [1.29, 1.82) is 0 Å². The van der Waals surface area contributed by atoms with Gasteiger partial charge in [-0.15, -0.1) is 0 Å². The number of hydrogen-bond acceptors (Lipinski definition) is 9. The molecule has 0 bridgehead atoms. The van der Waals surface area contributed by atoms with Crippen molar-refractivity contribution in [1.82, 2.24) is 0 Å². The van der Waals surface area contributed by atoms with E-state index in [2.05, 4.69) is 6.58 Å². The zero-order valence-corrected chi connectivity index (χ0v) is 18.1. The van der Waals surface area contributed by atoms with Gasteiger partial charge in [0.25, 0.3) is 0 Å². The van der Waals surface area contributed by atoms with Gasteiger partial charge in [0.05, 0.1) is 16.7 Å². The molecule has 0 heterocycles. The van der Waals surface area contributed by atoms with Crippen LogP contribution in [0.2, 0.25) is 0 Å². The Morgan fingerprint density at radius 1 is 0.545 bits per heavy atom. The number of carbonyl (C=O) groups excluding carboxylic acids is 3. The van der Waals surface area contributed by atoms with Gasteiger partial charge in [-0.1, -0.05) is 61.2 Å². The standard InChI is InChI=1S/C23H18O9Si/c1-2-33(30-27-21(24)18-12-6-3-7-13-18,31-28-22(25)19-14-8-4-9-15-19)32-29-23(26)20-16-10-5-11-17-20/h2-17H,1H2. The monoisotopic (exact) mass is 466 g/mol. The smallest absolute Gasteiger partial charge is 0.299 e. The summed E-state index contributed by atoms with van der Waals surface area (Å²) in [6.07, 6.45) is 0. The van der Waals surface area contributed by atoms with Gasteiger partial charge in [-0.3, -0.25) is 14.7 Å². The van der Waals surface area contributed by atoms with Gasteiger partial charge in [0, 0.05) is 0 Å². The van der Waals surface area contributed by atoms with Crippen molar-refractivity contribution < 1.29 is 42.8 Å². The Morgan fingerprint density at radius 2 is 0.818 bits per heavy atom. The first-order chi connectivity index (χ1) is 16.0. The van der Waals surface area contributed by atoms with Crippen molar-refractivity contribution in [2.75, 3.05) is 0 Å². The number of carbonyl (C=O) groups is 3. The van der Waals surface area contributed by atoms with Gasteiger partial charge >= 0.3 is 26.7 Å². The van der Waals surface area contributed by atoms with E-state index in [4.69, 9.17) is 28.4 Å². The van der Waals surface area contributed by atoms with Crippen LogP contribution in [0.3, 0.4) is 0 Å². The predicted molar refractivity (Wildman–Crippen MR) is 115 cm³/mol. The molecule has 0 saturated heterocycles. The zero-order chi connectivity index (χ0) is 23.5. The topological polar surface area (TPSA) is 107 Å². The molecule has 0 amide bonds. The average molecular weight is 466 g/mol. The van der Waals surface area contributed by atoms with Crippen LogP contribution in [-0.4, -0.2) is 26.7 Å². The first kappa shape index (κ1) is 23.6. The van der Waals surface area contributed by atoms with E-state index in [1.165, 1.54) is 36.4 Å². The molecule has 0 spiro atoms. The van der Waals surface area contributed by atoms with Gasteiger partial charge in [-0.25, -0.2) is 14.4 Å². The largest absolute Gasteiger partial charge is 0.644 e. The molecule has 3 rings (SSSR count). The Morgan fingerprint density at radius 3 is 1.06 bits per heavy atom. The molecule has 0 aliphatic rings. The van der Waals surface area contributed by atoms with E-state index in [1.54, 1.807) is 54.6 Å². The van der Waals surface area contributed by atoms with Crippen molar-refractivity contribution >= 4 is 26.7 Å². The third-order valence-corrected chi connectivity index (χ3v) is 5.43. The van der Waals surface area contributed by atoms with Gasteiger partial charge < -0.3 is 0 Å². The van der Waals surface area contributed by atoms with Crippen LogP contribution in [0, 0.1) is 0 Å². The van der Waals surface area contributed by atoms with Crippen molar-refractivity contribution in [3.63, 3.8) is 0 Å². The summed E-state index contributed by atoms with van der Waals surface area (Å²) in [5.41, 5.74) is 1.42. The van der Waals surface area contributed by atoms with Crippen LogP contribution in [0.5, 0.6) is 0 Å². The van der Waals surface area contributed by atoms with Crippen molar-refractivity contribution in [2.45, 2.75) is 0 Å². The highest BCUT2D eigenvalue weighted by Gasteiger charge is 2.49. The van der Waals surface area contributed by atoms with E-state index < -0.39 is 26.7 Å². The fraction of sp³-hybridized carbons (Fsp3) is 0. The lowest BCUT2D eigenvalue weighted by Gasteiger charge is -2.21. The molecule has 9 nitrogen and oxygen atoms in total. The van der Waals surface area contributed by atoms with Gasteiger partial charge in [0.2, 0.25) is 0 Å². The Hall–Kier alpha value is -4.09. The Labute approximate surface area is 189 Å². The summed E-state index contributed by atoms with van der Waals surface area (Å²) in [5.74, 6) is -2.69. The molecule has 0 aliphatic heterocycles. The lowest BCUT2D eigenvalue weighted by molar-refractivity contribution is -0.305. The van der Waals surface area contributed by atoms with Crippen LogP contribution in [0.1, 0.15) is 31.1 Å². The molecule has 168 valence electrons. The van der Waals surface area contributed by atoms with E-state index in [-0.39, 0.29) is 16.7 Å². The second kappa shape index (κ2) is 11.5. The second-order valence-corrected chi connectivity index (χ2v) is 8.38. The molecule has 0 unspecified atom stereocenters. The number of benzene rings is 3. The Bertz CT molecular complexity index is 954. The van der Waals surface area contributed by atoms with Crippen LogP contribution >= 0.6 is 0 Å². The minimum atomic E-state index is -4.42. The van der Waals surface area contributed by atoms with E-state index >= 15 is 0 Å². The third-order valence-electron chi connectivity index (χ3n) is 3.98. The molecule has 10 heteroatoms. The van der Waals surface area contributed by atoms with E-state index in [9.17, 15) is 14.4 Å². The Balaban J connectivity index is 1.72. The normalized spacial score (nSPS) is 10.7. The fourth-order valence-corrected chi connectivity index (χ4v) is 3.16. The van der Waals surface area contributed by atoms with E-state index in [0.29, 0.717) is 0 Å². The molecule has 0 saturated carbocycles. The van der Waals surface area contributed by atoms with Crippen LogP contribution in [0.4, 0.5) is 0 Å². The minimum absolute atomic E-state index is 0.159. The van der Waals surface area contributed by atoms with Crippen LogP contribution < -0.4 is 0 Å². The summed E-state index contributed by atoms with van der Waals surface area (Å²) < 4.78 is 15.1. The second-order valence-electron chi connectivity index (χ2n) is 6.27. The summed E-state index contributed by atoms with van der Waals surface area (Å²) >= 11 is 0. The van der Waals surface area contributed by atoms with Crippen LogP contribution in [-0.2, 0) is 28.4 Å². The lowest BCUT2D eigenvalue weighted by Crippen LogP contribution is -2.45. The molecule has 0 radical (unpaired) electrons. The SMILES string of the molecule is C=C[Si](OOC(=O)c1ccccc1)(OOC(=O)c1ccccc1)OOC(=O)c1ccccc1. The van der Waals surface area contributed by atoms with Gasteiger partial charge in [-0.05, 0) is 42.1 Å². The van der Waals surface area contributed by atoms with E-state index in [1.807, 2.05) is 0 Å². The molecule has 0 aromatic heterocycles. The number of rotatable bonds is 10. The highest BCUT2D eigenvalue weighted by Crippen LogP contribution is 2.17. The average Bonchev–Trinajstić information content (AvgIpc) is 2.89. The van der Waals surface area contributed by atoms with Crippen molar-refractivity contribution in [3.05, 3.63) is 120 Å². The molecule has 3 aromatic rings. The maximum atomic E-state index is 12.2. The number of hydrogen-bond donors (Lipinski definition) is 0. The molecule has 0 aliphatic carbocycles. The summed E-state index contributed by atoms with van der Waals surface area (Å²) in [7, 11) is -4.42. The molecule has 0 atom stereocenters. The van der Waals surface area contributed by atoms with Gasteiger partial charge in [-0.2, -0.15) is 13.7 Å². The molecule has 0 fully saturated rings. The van der Waals surface area contributed by atoms with Crippen LogP contribution in [0.15, 0.2) is 103 Å². The maximum Gasteiger partial charge on any atom is 0.644 e. The zero-order valence-electron chi connectivity index (χ0n) is 17.1. The quantitative estimate of drug-likeness (QED) is 0.249. The molecular weight excluding hydrogens is 448 g/mol. The summed E-state index contributed by atoms with van der Waals surface area (Å²) in [6.45, 7) is 3.50. The minimum Gasteiger partial charge on any atom is -0.299 e. The third kappa shape index (κ3) is 6.69. The lowest BCUT2D eigenvalue weighted by atomic mass is 10.2. The fourth-order valence-electron chi connectivity index (χ4n) is 2.30. The van der Waals surface area contributed by atoms with Crippen molar-refractivity contribution in [3.8, 4) is 0 Å². The van der Waals surface area contributed by atoms with Crippen molar-refractivity contribution in [2.24, 2.45) is 0 Å². The maximum absolute atomic E-state index is 12.2. The Kier molecular flexibility index (Phi) is 8.22. The van der Waals surface area contributed by atoms with Crippen LogP contribution in [0.25, 0.3) is 0 Å². The molecule has 3 aromatic carbocycles. The molecular formula is C23H18O9Si. The summed E-state index contributed by atoms with van der Waals surface area (Å²) in [5, 5.41) is 0. The summed E-state index contributed by atoms with van der Waals surface area (Å²) in [6, 6.07) is 23.7. The first-order valence-corrected chi connectivity index (χ1v) is 11.3. The van der Waals surface area contributed by atoms with Gasteiger partial charge in [0.15, 0.2) is 0 Å². The summed E-state index contributed by atoms with van der Waals surface area (Å²) in [4.78, 5) is 51.1. The predicted octanol–water partition coefficient (Wildman–Crippen LogP) is 4.02. The van der Waals surface area contributed by atoms with Gasteiger partial charge in [0.1, 0.15) is 0 Å². The first-order valence-electron chi connectivity index (χ1n) is 9.52. The van der Waals surface area contributed by atoms with E-state index in [0.717, 1.165) is 5.70 Å². The molecule has 33 heavy (non-hydrogen) atoms. The highest BCUT2D eigenvalue weighted by molar-refractivity contribution is 6.65.